The molecule has 90 valence electrons. The number of aromatic amines is 1. The van der Waals surface area contributed by atoms with Crippen LogP contribution < -0.4 is 5.56 Å². The summed E-state index contributed by atoms with van der Waals surface area (Å²) in [5, 5.41) is 1.94. The molecule has 0 spiro atoms. The highest BCUT2D eigenvalue weighted by atomic mass is 79.9. The molecule has 17 heavy (non-hydrogen) atoms. The van der Waals surface area contributed by atoms with Crippen LogP contribution in [0.25, 0.3) is 10.7 Å². The minimum absolute atomic E-state index is 0.202. The largest absolute Gasteiger partial charge is 0.378 e. The predicted octanol–water partition coefficient (Wildman–Crippen LogP) is 3.17. The van der Waals surface area contributed by atoms with Crippen LogP contribution in [-0.4, -0.2) is 17.1 Å². The second kappa shape index (κ2) is 5.43. The maximum atomic E-state index is 11.7. The standard InChI is InChI=1S/C10H8Br2N2O2S/c1-16-3-6-8(12)10(15)14-9(13-6)7-2-5(11)4-17-7/h2,4H,3H2,1H3,(H,13,14,15). The Balaban J connectivity index is 2.52. The third-order valence-electron chi connectivity index (χ3n) is 2.01. The van der Waals surface area contributed by atoms with E-state index in [9.17, 15) is 4.79 Å². The summed E-state index contributed by atoms with van der Waals surface area (Å²) in [6.07, 6.45) is 0. The minimum atomic E-state index is -0.202. The Hall–Kier alpha value is -0.500. The zero-order valence-corrected chi connectivity index (χ0v) is 12.8. The molecule has 2 aromatic rings. The molecule has 0 aromatic carbocycles. The van der Waals surface area contributed by atoms with Crippen LogP contribution in [0.1, 0.15) is 5.69 Å². The molecule has 0 aliphatic rings. The zero-order valence-electron chi connectivity index (χ0n) is 8.79. The summed E-state index contributed by atoms with van der Waals surface area (Å²) in [5.41, 5.74) is 0.391. The van der Waals surface area contributed by atoms with Crippen molar-refractivity contribution in [2.45, 2.75) is 6.61 Å². The van der Waals surface area contributed by atoms with Gasteiger partial charge in [0, 0.05) is 17.0 Å². The number of rotatable bonds is 3. The zero-order chi connectivity index (χ0) is 12.4. The Labute approximate surface area is 118 Å². The van der Waals surface area contributed by atoms with Gasteiger partial charge in [0.15, 0.2) is 5.82 Å². The van der Waals surface area contributed by atoms with Gasteiger partial charge in [-0.25, -0.2) is 4.98 Å². The van der Waals surface area contributed by atoms with E-state index in [-0.39, 0.29) is 5.56 Å². The van der Waals surface area contributed by atoms with E-state index in [1.54, 1.807) is 7.11 Å². The Morgan fingerprint density at radius 3 is 2.88 bits per heavy atom. The SMILES string of the molecule is COCc1nc(-c2cc(Br)cs2)[nH]c(=O)c1Br. The van der Waals surface area contributed by atoms with Gasteiger partial charge in [-0.05, 0) is 37.9 Å². The first kappa shape index (κ1) is 12.9. The monoisotopic (exact) mass is 378 g/mol. The molecule has 0 amide bonds. The Bertz CT molecular complexity index is 594. The van der Waals surface area contributed by atoms with E-state index >= 15 is 0 Å². The summed E-state index contributed by atoms with van der Waals surface area (Å²) in [5.74, 6) is 0.556. The van der Waals surface area contributed by atoms with Crippen LogP contribution in [0.15, 0.2) is 25.2 Å². The molecule has 0 saturated heterocycles. The first-order chi connectivity index (χ1) is 8.11. The van der Waals surface area contributed by atoms with Crippen molar-refractivity contribution in [3.63, 3.8) is 0 Å². The van der Waals surface area contributed by atoms with Crippen LogP contribution in [0.4, 0.5) is 0 Å². The molecule has 7 heteroatoms. The van der Waals surface area contributed by atoms with Gasteiger partial charge >= 0.3 is 0 Å². The number of nitrogens with zero attached hydrogens (tertiary/aromatic N) is 1. The minimum Gasteiger partial charge on any atom is -0.378 e. The maximum Gasteiger partial charge on any atom is 0.265 e. The number of aromatic nitrogens is 2. The molecule has 2 rings (SSSR count). The topological polar surface area (TPSA) is 55.0 Å². The summed E-state index contributed by atoms with van der Waals surface area (Å²) < 4.78 is 6.39. The van der Waals surface area contributed by atoms with Crippen molar-refractivity contribution >= 4 is 43.2 Å². The molecule has 0 aliphatic heterocycles. The number of nitrogens with one attached hydrogen (secondary N) is 1. The number of methoxy groups -OCH3 is 1. The molecule has 0 unspecified atom stereocenters. The van der Waals surface area contributed by atoms with Crippen LogP contribution in [0, 0.1) is 0 Å². The smallest absolute Gasteiger partial charge is 0.265 e. The van der Waals surface area contributed by atoms with Gasteiger partial charge in [0.05, 0.1) is 17.2 Å². The van der Waals surface area contributed by atoms with Gasteiger partial charge < -0.3 is 9.72 Å². The molecule has 0 fully saturated rings. The van der Waals surface area contributed by atoms with Crippen LogP contribution in [0.2, 0.25) is 0 Å². The first-order valence-electron chi connectivity index (χ1n) is 4.64. The van der Waals surface area contributed by atoms with Gasteiger partial charge in [-0.3, -0.25) is 4.79 Å². The van der Waals surface area contributed by atoms with Crippen molar-refractivity contribution in [1.82, 2.24) is 9.97 Å². The highest BCUT2D eigenvalue weighted by Crippen LogP contribution is 2.27. The van der Waals surface area contributed by atoms with E-state index in [1.165, 1.54) is 11.3 Å². The van der Waals surface area contributed by atoms with Crippen LogP contribution in [0.3, 0.4) is 0 Å². The van der Waals surface area contributed by atoms with Gasteiger partial charge in [0.2, 0.25) is 0 Å². The lowest BCUT2D eigenvalue weighted by molar-refractivity contribution is 0.180. The molecule has 0 aliphatic carbocycles. The predicted molar refractivity (Wildman–Crippen MR) is 74.3 cm³/mol. The number of halogens is 2. The van der Waals surface area contributed by atoms with Crippen LogP contribution >= 0.6 is 43.2 Å². The number of thiophene rings is 1. The fraction of sp³-hybridized carbons (Fsp3) is 0.200. The van der Waals surface area contributed by atoms with Gasteiger partial charge in [0.1, 0.15) is 4.47 Å². The van der Waals surface area contributed by atoms with Crippen LogP contribution in [0.5, 0.6) is 0 Å². The molecule has 0 atom stereocenters. The van der Waals surface area contributed by atoms with Gasteiger partial charge in [-0.1, -0.05) is 0 Å². The van der Waals surface area contributed by atoms with E-state index in [4.69, 9.17) is 4.74 Å². The Kier molecular flexibility index (Phi) is 4.13. The van der Waals surface area contributed by atoms with Gasteiger partial charge in [-0.2, -0.15) is 0 Å². The van der Waals surface area contributed by atoms with Crippen molar-refractivity contribution in [3.05, 3.63) is 36.4 Å². The second-order valence-corrected chi connectivity index (χ2v) is 5.86. The molecular weight excluding hydrogens is 372 g/mol. The van der Waals surface area contributed by atoms with Crippen LogP contribution in [-0.2, 0) is 11.3 Å². The molecular formula is C10H8Br2N2O2S. The quantitative estimate of drug-likeness (QED) is 0.890. The van der Waals surface area contributed by atoms with Gasteiger partial charge in [0.25, 0.3) is 5.56 Å². The highest BCUT2D eigenvalue weighted by molar-refractivity contribution is 9.10. The Morgan fingerprint density at radius 2 is 2.29 bits per heavy atom. The highest BCUT2D eigenvalue weighted by Gasteiger charge is 2.11. The molecule has 2 heterocycles. The summed E-state index contributed by atoms with van der Waals surface area (Å²) in [7, 11) is 1.57. The summed E-state index contributed by atoms with van der Waals surface area (Å²) in [6, 6.07) is 1.91. The van der Waals surface area contributed by atoms with E-state index in [1.807, 2.05) is 11.4 Å². The first-order valence-corrected chi connectivity index (χ1v) is 7.10. The lowest BCUT2D eigenvalue weighted by Crippen LogP contribution is -2.13. The summed E-state index contributed by atoms with van der Waals surface area (Å²) >= 11 is 8.08. The third-order valence-corrected chi connectivity index (χ3v) is 4.53. The second-order valence-electron chi connectivity index (χ2n) is 3.24. The molecule has 0 saturated carbocycles. The van der Waals surface area contributed by atoms with Crippen molar-refractivity contribution in [2.75, 3.05) is 7.11 Å². The molecule has 1 N–H and O–H groups in total. The fourth-order valence-corrected chi connectivity index (χ4v) is 2.97. The average molecular weight is 380 g/mol. The fourth-order valence-electron chi connectivity index (χ4n) is 1.29. The van der Waals surface area contributed by atoms with E-state index in [0.717, 1.165) is 9.35 Å². The summed E-state index contributed by atoms with van der Waals surface area (Å²) in [6.45, 7) is 0.296. The summed E-state index contributed by atoms with van der Waals surface area (Å²) in [4.78, 5) is 19.7. The molecule has 0 radical (unpaired) electrons. The molecule has 4 nitrogen and oxygen atoms in total. The normalized spacial score (nSPS) is 10.8. The van der Waals surface area contributed by atoms with E-state index in [2.05, 4.69) is 41.8 Å². The number of H-pyrrole nitrogens is 1. The Morgan fingerprint density at radius 1 is 1.53 bits per heavy atom. The van der Waals surface area contributed by atoms with E-state index in [0.29, 0.717) is 22.6 Å². The lowest BCUT2D eigenvalue weighted by Gasteiger charge is -2.04. The van der Waals surface area contributed by atoms with Gasteiger partial charge in [-0.15, -0.1) is 11.3 Å². The molecule has 0 bridgehead atoms. The number of ether oxygens (including phenoxy) is 1. The third kappa shape index (κ3) is 2.85. The van der Waals surface area contributed by atoms with Crippen molar-refractivity contribution in [2.24, 2.45) is 0 Å². The maximum absolute atomic E-state index is 11.7. The lowest BCUT2D eigenvalue weighted by atomic mass is 10.4. The average Bonchev–Trinajstić information content (AvgIpc) is 2.71. The number of hydrogen-bond donors (Lipinski definition) is 1. The van der Waals surface area contributed by atoms with E-state index < -0.39 is 0 Å². The van der Waals surface area contributed by atoms with Crippen molar-refractivity contribution in [3.8, 4) is 10.7 Å². The van der Waals surface area contributed by atoms with Crippen molar-refractivity contribution in [1.29, 1.82) is 0 Å². The van der Waals surface area contributed by atoms with Crippen molar-refractivity contribution < 1.29 is 4.74 Å². The molecule has 2 aromatic heterocycles. The number of hydrogen-bond acceptors (Lipinski definition) is 4.